The van der Waals surface area contributed by atoms with Gasteiger partial charge in [0.15, 0.2) is 0 Å². The van der Waals surface area contributed by atoms with Crippen LogP contribution in [0.1, 0.15) is 30.9 Å². The molecule has 5 amide bonds. The van der Waals surface area contributed by atoms with Crippen LogP contribution in [0.25, 0.3) is 0 Å². The number of primary amides is 1. The van der Waals surface area contributed by atoms with Crippen molar-refractivity contribution in [2.45, 2.75) is 56.8 Å². The van der Waals surface area contributed by atoms with Crippen LogP contribution in [0, 0.1) is 0 Å². The molecule has 0 saturated carbocycles. The van der Waals surface area contributed by atoms with E-state index in [0.717, 1.165) is 10.0 Å². The van der Waals surface area contributed by atoms with Crippen LogP contribution in [0.5, 0.6) is 0 Å². The summed E-state index contributed by atoms with van der Waals surface area (Å²) >= 11 is 4.75. The van der Waals surface area contributed by atoms with Gasteiger partial charge in [-0.1, -0.05) is 58.4 Å². The number of carbonyl (C=O) groups excluding carboxylic acids is 5. The highest BCUT2D eigenvalue weighted by Gasteiger charge is 2.32. The molecule has 232 valence electrons. The Kier molecular flexibility index (Phi) is 14.7. The highest BCUT2D eigenvalue weighted by atomic mass is 79.9. The van der Waals surface area contributed by atoms with E-state index >= 15 is 0 Å². The number of hydrogen-bond acceptors (Lipinski definition) is 7. The molecule has 43 heavy (non-hydrogen) atoms. The van der Waals surface area contributed by atoms with Crippen molar-refractivity contribution in [3.8, 4) is 0 Å². The largest absolute Gasteiger partial charge is 0.481 e. The Balaban J connectivity index is 2.20. The number of carboxylic acid groups (broad SMARTS) is 1. The van der Waals surface area contributed by atoms with Gasteiger partial charge in [0.2, 0.25) is 29.5 Å². The minimum Gasteiger partial charge on any atom is -0.481 e. The number of carbonyl (C=O) groups is 6. The van der Waals surface area contributed by atoms with Gasteiger partial charge in [-0.05, 0) is 41.7 Å². The highest BCUT2D eigenvalue weighted by Crippen LogP contribution is 2.13. The molecule has 0 fully saturated rings. The zero-order chi connectivity index (χ0) is 31.9. The Morgan fingerprint density at radius 3 is 1.93 bits per heavy atom. The summed E-state index contributed by atoms with van der Waals surface area (Å²) in [5.74, 6) is -4.55. The maximum absolute atomic E-state index is 13.3. The predicted octanol–water partition coefficient (Wildman–Crippen LogP) is 0.907. The number of nitrogens with one attached hydrogen (secondary N) is 4. The number of halogens is 1. The van der Waals surface area contributed by atoms with Crippen LogP contribution < -0.4 is 27.0 Å². The molecule has 0 bridgehead atoms. The van der Waals surface area contributed by atoms with E-state index in [1.54, 1.807) is 48.5 Å². The van der Waals surface area contributed by atoms with Crippen LogP contribution in [0.2, 0.25) is 0 Å². The van der Waals surface area contributed by atoms with Crippen LogP contribution in [0.15, 0.2) is 59.1 Å². The van der Waals surface area contributed by atoms with Crippen molar-refractivity contribution >= 4 is 63.2 Å². The average molecular weight is 679 g/mol. The molecule has 0 aromatic heterocycles. The van der Waals surface area contributed by atoms with Crippen molar-refractivity contribution in [3.63, 3.8) is 0 Å². The summed E-state index contributed by atoms with van der Waals surface area (Å²) in [6.45, 7) is 1.27. The standard InChI is InChI=1S/C29H36BrN5O7S/c1-17(36)32-23(14-18-7-4-3-5-8-18)28(41)33-21(11-12-43-2)27(40)35-24(16-25(37)38)29(42)34-22(26(31)39)15-19-9-6-10-20(30)13-19/h3-10,13,21-24H,11-12,14-16H2,1-2H3,(H2,31,39)(H,32,36)(H,33,41)(H,34,42)(H,35,40)(H,37,38)/t21-,22-,23+,24-/m0/s1. The molecule has 0 aliphatic carbocycles. The van der Waals surface area contributed by atoms with Gasteiger partial charge >= 0.3 is 5.97 Å². The van der Waals surface area contributed by atoms with Crippen molar-refractivity contribution in [1.82, 2.24) is 21.3 Å². The van der Waals surface area contributed by atoms with Crippen molar-refractivity contribution in [2.24, 2.45) is 5.73 Å². The number of amides is 5. The fourth-order valence-electron chi connectivity index (χ4n) is 4.13. The molecule has 0 unspecified atom stereocenters. The summed E-state index contributed by atoms with van der Waals surface area (Å²) in [5.41, 5.74) is 6.97. The normalized spacial score (nSPS) is 13.5. The van der Waals surface area contributed by atoms with Crippen molar-refractivity contribution in [2.75, 3.05) is 12.0 Å². The molecule has 0 aliphatic heterocycles. The van der Waals surface area contributed by atoms with Gasteiger partial charge in [0.05, 0.1) is 6.42 Å². The Labute approximate surface area is 262 Å². The third-order valence-corrected chi connectivity index (χ3v) is 7.36. The molecule has 0 radical (unpaired) electrons. The van der Waals surface area contributed by atoms with E-state index in [1.165, 1.54) is 18.7 Å². The second kappa shape index (κ2) is 17.9. The molecule has 12 nitrogen and oxygen atoms in total. The molecular formula is C29H36BrN5O7S. The molecule has 0 aliphatic rings. The Bertz CT molecular complexity index is 1300. The van der Waals surface area contributed by atoms with Crippen LogP contribution in [-0.2, 0) is 41.6 Å². The third kappa shape index (κ3) is 12.9. The lowest BCUT2D eigenvalue weighted by molar-refractivity contribution is -0.141. The number of carboxylic acids is 1. The monoisotopic (exact) mass is 677 g/mol. The van der Waals surface area contributed by atoms with Gasteiger partial charge in [-0.25, -0.2) is 0 Å². The minimum absolute atomic E-state index is 0.0343. The molecule has 2 aromatic rings. The molecule has 2 rings (SSSR count). The lowest BCUT2D eigenvalue weighted by Crippen LogP contribution is -2.58. The summed E-state index contributed by atoms with van der Waals surface area (Å²) in [7, 11) is 0. The summed E-state index contributed by atoms with van der Waals surface area (Å²) < 4.78 is 0.749. The molecule has 0 spiro atoms. The zero-order valence-electron chi connectivity index (χ0n) is 23.8. The smallest absolute Gasteiger partial charge is 0.305 e. The van der Waals surface area contributed by atoms with Crippen molar-refractivity contribution in [3.05, 3.63) is 70.2 Å². The van der Waals surface area contributed by atoms with Crippen molar-refractivity contribution < 1.29 is 33.9 Å². The van der Waals surface area contributed by atoms with Gasteiger partial charge in [0.25, 0.3) is 0 Å². The second-order valence-corrected chi connectivity index (χ2v) is 11.6. The molecule has 4 atom stereocenters. The molecule has 14 heteroatoms. The number of benzene rings is 2. The van der Waals surface area contributed by atoms with E-state index in [1.807, 2.05) is 12.3 Å². The Morgan fingerprint density at radius 1 is 0.791 bits per heavy atom. The van der Waals surface area contributed by atoms with Gasteiger partial charge in [-0.2, -0.15) is 11.8 Å². The van der Waals surface area contributed by atoms with Crippen LogP contribution >= 0.6 is 27.7 Å². The molecule has 7 N–H and O–H groups in total. The zero-order valence-corrected chi connectivity index (χ0v) is 26.2. The van der Waals surface area contributed by atoms with Crippen LogP contribution in [-0.4, -0.2) is 76.8 Å². The fourth-order valence-corrected chi connectivity index (χ4v) is 5.05. The Hall–Kier alpha value is -3.91. The van der Waals surface area contributed by atoms with Gasteiger partial charge in [0.1, 0.15) is 24.2 Å². The van der Waals surface area contributed by atoms with E-state index in [2.05, 4.69) is 37.2 Å². The van der Waals surface area contributed by atoms with E-state index in [4.69, 9.17) is 5.73 Å². The van der Waals surface area contributed by atoms with Gasteiger partial charge in [0, 0.05) is 24.2 Å². The van der Waals surface area contributed by atoms with E-state index < -0.39 is 66.1 Å². The first kappa shape index (κ1) is 35.3. The van der Waals surface area contributed by atoms with E-state index in [0.29, 0.717) is 11.3 Å². The lowest BCUT2D eigenvalue weighted by atomic mass is 10.0. The third-order valence-electron chi connectivity index (χ3n) is 6.22. The number of hydrogen-bond donors (Lipinski definition) is 6. The molecule has 2 aromatic carbocycles. The SMILES string of the molecule is CSCC[C@H](NC(=O)[C@@H](Cc1ccccc1)NC(C)=O)C(=O)N[C@@H](CC(=O)O)C(=O)N[C@@H](Cc1cccc(Br)c1)C(N)=O. The van der Waals surface area contributed by atoms with Crippen LogP contribution in [0.4, 0.5) is 0 Å². The van der Waals surface area contributed by atoms with Gasteiger partial charge in [-0.15, -0.1) is 0 Å². The van der Waals surface area contributed by atoms with Crippen molar-refractivity contribution in [1.29, 1.82) is 0 Å². The number of thioether (sulfide) groups is 1. The summed E-state index contributed by atoms with van der Waals surface area (Å²) in [6.07, 6.45) is 1.38. The lowest BCUT2D eigenvalue weighted by Gasteiger charge is -2.25. The summed E-state index contributed by atoms with van der Waals surface area (Å²) in [5, 5.41) is 19.5. The first-order chi connectivity index (χ1) is 20.4. The first-order valence-corrected chi connectivity index (χ1v) is 15.5. The second-order valence-electron chi connectivity index (χ2n) is 9.74. The maximum atomic E-state index is 13.3. The average Bonchev–Trinajstić information content (AvgIpc) is 2.94. The predicted molar refractivity (Wildman–Crippen MR) is 166 cm³/mol. The topological polar surface area (TPSA) is 197 Å². The van der Waals surface area contributed by atoms with E-state index in [-0.39, 0.29) is 19.3 Å². The van der Waals surface area contributed by atoms with E-state index in [9.17, 15) is 33.9 Å². The molecular weight excluding hydrogens is 642 g/mol. The molecule has 0 saturated heterocycles. The van der Waals surface area contributed by atoms with Gasteiger partial charge in [-0.3, -0.25) is 28.8 Å². The number of nitrogens with two attached hydrogens (primary N) is 1. The van der Waals surface area contributed by atoms with Gasteiger partial charge < -0.3 is 32.1 Å². The highest BCUT2D eigenvalue weighted by molar-refractivity contribution is 9.10. The first-order valence-electron chi connectivity index (χ1n) is 13.4. The fraction of sp³-hybridized carbons (Fsp3) is 0.379. The Morgan fingerprint density at radius 2 is 1.35 bits per heavy atom. The summed E-state index contributed by atoms with van der Waals surface area (Å²) in [4.78, 5) is 75.2. The quantitative estimate of drug-likeness (QED) is 0.142. The van der Waals surface area contributed by atoms with Crippen LogP contribution in [0.3, 0.4) is 0 Å². The number of aliphatic carboxylic acids is 1. The molecule has 0 heterocycles. The maximum Gasteiger partial charge on any atom is 0.305 e. The minimum atomic E-state index is -1.57. The summed E-state index contributed by atoms with van der Waals surface area (Å²) in [6, 6.07) is 11.1. The number of rotatable bonds is 17.